The van der Waals surface area contributed by atoms with Gasteiger partial charge in [0.25, 0.3) is 5.56 Å². The second-order valence-corrected chi connectivity index (χ2v) is 6.21. The molecule has 2 heterocycles. The first-order valence-electron chi connectivity index (χ1n) is 8.67. The van der Waals surface area contributed by atoms with E-state index in [1.165, 1.54) is 10.6 Å². The van der Waals surface area contributed by atoms with Crippen LogP contribution in [-0.2, 0) is 18.4 Å². The van der Waals surface area contributed by atoms with Gasteiger partial charge in [-0.15, -0.1) is 0 Å². The fraction of sp³-hybridized carbons (Fsp3) is 0.250. The second-order valence-electron chi connectivity index (χ2n) is 6.21. The van der Waals surface area contributed by atoms with Crippen molar-refractivity contribution >= 4 is 5.91 Å². The van der Waals surface area contributed by atoms with Crippen molar-refractivity contribution in [2.75, 3.05) is 14.2 Å². The number of pyridine rings is 1. The van der Waals surface area contributed by atoms with Gasteiger partial charge in [-0.1, -0.05) is 6.07 Å². The van der Waals surface area contributed by atoms with Crippen LogP contribution in [0.1, 0.15) is 17.4 Å². The lowest BCUT2D eigenvalue weighted by atomic mass is 10.0. The van der Waals surface area contributed by atoms with E-state index in [-0.39, 0.29) is 18.0 Å². The number of imidazole rings is 1. The molecular weight excluding hydrogens is 360 g/mol. The predicted octanol–water partition coefficient (Wildman–Crippen LogP) is 1.50. The zero-order valence-electron chi connectivity index (χ0n) is 16.0. The normalized spacial score (nSPS) is 11.7. The Morgan fingerprint density at radius 2 is 1.86 bits per heavy atom. The third-order valence-electron chi connectivity index (χ3n) is 4.34. The average molecular weight is 382 g/mol. The molecule has 28 heavy (non-hydrogen) atoms. The lowest BCUT2D eigenvalue weighted by molar-refractivity contribution is -0.122. The maximum Gasteiger partial charge on any atom is 0.250 e. The molecule has 3 rings (SSSR count). The summed E-state index contributed by atoms with van der Waals surface area (Å²) in [6, 6.07) is 9.60. The van der Waals surface area contributed by atoms with Gasteiger partial charge in [0.05, 0.1) is 14.2 Å². The highest BCUT2D eigenvalue weighted by Gasteiger charge is 2.22. The third kappa shape index (κ3) is 4.22. The minimum atomic E-state index is -0.545. The van der Waals surface area contributed by atoms with Crippen molar-refractivity contribution in [2.24, 2.45) is 7.05 Å². The number of methoxy groups -OCH3 is 2. The smallest absolute Gasteiger partial charge is 0.250 e. The summed E-state index contributed by atoms with van der Waals surface area (Å²) >= 11 is 0. The van der Waals surface area contributed by atoms with Crippen LogP contribution >= 0.6 is 0 Å². The van der Waals surface area contributed by atoms with Gasteiger partial charge in [0, 0.05) is 37.8 Å². The number of carbonyl (C=O) groups is 1. The van der Waals surface area contributed by atoms with Gasteiger partial charge < -0.3 is 23.9 Å². The molecule has 8 nitrogen and oxygen atoms in total. The van der Waals surface area contributed by atoms with Crippen LogP contribution in [0.25, 0.3) is 0 Å². The Morgan fingerprint density at radius 3 is 2.43 bits per heavy atom. The zero-order chi connectivity index (χ0) is 20.1. The van der Waals surface area contributed by atoms with Crippen molar-refractivity contribution in [1.29, 1.82) is 0 Å². The minimum Gasteiger partial charge on any atom is -0.497 e. The first-order valence-corrected chi connectivity index (χ1v) is 8.67. The second kappa shape index (κ2) is 8.43. The summed E-state index contributed by atoms with van der Waals surface area (Å²) in [6.07, 6.45) is 5.04. The first kappa shape index (κ1) is 19.2. The predicted molar refractivity (Wildman–Crippen MR) is 103 cm³/mol. The Hall–Kier alpha value is -3.55. The van der Waals surface area contributed by atoms with Crippen LogP contribution in [0.4, 0.5) is 0 Å². The molecule has 1 atom stereocenters. The van der Waals surface area contributed by atoms with Crippen molar-refractivity contribution in [3.8, 4) is 11.5 Å². The molecule has 3 aromatic rings. The molecule has 146 valence electrons. The van der Waals surface area contributed by atoms with Gasteiger partial charge in [-0.25, -0.2) is 4.98 Å². The molecule has 0 unspecified atom stereocenters. The molecule has 0 aliphatic heterocycles. The third-order valence-corrected chi connectivity index (χ3v) is 4.34. The highest BCUT2D eigenvalue weighted by atomic mass is 16.5. The number of aryl methyl sites for hydroxylation is 1. The van der Waals surface area contributed by atoms with Gasteiger partial charge in [-0.05, 0) is 23.8 Å². The monoisotopic (exact) mass is 382 g/mol. The van der Waals surface area contributed by atoms with Crippen molar-refractivity contribution in [1.82, 2.24) is 19.4 Å². The van der Waals surface area contributed by atoms with Gasteiger partial charge in [-0.3, -0.25) is 9.59 Å². The molecule has 1 amide bonds. The number of hydrogen-bond donors (Lipinski definition) is 1. The van der Waals surface area contributed by atoms with Crippen LogP contribution in [0.15, 0.2) is 59.8 Å². The van der Waals surface area contributed by atoms with Gasteiger partial charge in [-0.2, -0.15) is 0 Å². The number of nitrogens with zero attached hydrogens (tertiary/aromatic N) is 3. The van der Waals surface area contributed by atoms with Crippen molar-refractivity contribution in [3.63, 3.8) is 0 Å². The fourth-order valence-corrected chi connectivity index (χ4v) is 2.90. The largest absolute Gasteiger partial charge is 0.497 e. The first-order chi connectivity index (χ1) is 13.5. The molecule has 0 saturated heterocycles. The van der Waals surface area contributed by atoms with E-state index in [2.05, 4.69) is 10.3 Å². The molecule has 1 N–H and O–H groups in total. The summed E-state index contributed by atoms with van der Waals surface area (Å²) in [6.45, 7) is -0.0955. The van der Waals surface area contributed by atoms with E-state index in [1.54, 1.807) is 51.0 Å². The standard InChI is InChI=1S/C20H22N4O4/c1-23-9-7-21-20(23)19(14-10-15(27-2)12-16(11-14)28-3)22-17(25)13-24-8-5-4-6-18(24)26/h4-12,19H,13H2,1-3H3,(H,22,25)/t19-/m1/s1. The van der Waals surface area contributed by atoms with E-state index in [0.717, 1.165) is 5.56 Å². The van der Waals surface area contributed by atoms with Crippen LogP contribution < -0.4 is 20.3 Å². The summed E-state index contributed by atoms with van der Waals surface area (Å²) in [4.78, 5) is 29.0. The molecule has 0 aliphatic rings. The maximum atomic E-state index is 12.7. The van der Waals surface area contributed by atoms with Crippen LogP contribution in [0.2, 0.25) is 0 Å². The summed E-state index contributed by atoms with van der Waals surface area (Å²) < 4.78 is 13.9. The van der Waals surface area contributed by atoms with Gasteiger partial charge in [0.2, 0.25) is 5.91 Å². The molecule has 0 bridgehead atoms. The molecular formula is C20H22N4O4. The summed E-state index contributed by atoms with van der Waals surface area (Å²) in [5, 5.41) is 2.96. The highest BCUT2D eigenvalue weighted by Crippen LogP contribution is 2.29. The molecule has 0 saturated carbocycles. The van der Waals surface area contributed by atoms with Gasteiger partial charge in [0.1, 0.15) is 29.9 Å². The Bertz CT molecular complexity index is 1000. The molecule has 0 aliphatic carbocycles. The van der Waals surface area contributed by atoms with E-state index in [1.807, 2.05) is 23.7 Å². The summed E-state index contributed by atoms with van der Waals surface area (Å²) in [5.41, 5.74) is 0.508. The Morgan fingerprint density at radius 1 is 1.14 bits per heavy atom. The molecule has 0 radical (unpaired) electrons. The number of carbonyl (C=O) groups excluding carboxylic acids is 1. The van der Waals surface area contributed by atoms with Gasteiger partial charge >= 0.3 is 0 Å². The number of aromatic nitrogens is 3. The quantitative estimate of drug-likeness (QED) is 0.669. The minimum absolute atomic E-state index is 0.0955. The van der Waals surface area contributed by atoms with E-state index in [4.69, 9.17) is 9.47 Å². The number of ether oxygens (including phenoxy) is 2. The summed E-state index contributed by atoms with van der Waals surface area (Å²) in [7, 11) is 4.98. The number of amides is 1. The van der Waals surface area contributed by atoms with Crippen LogP contribution in [0.5, 0.6) is 11.5 Å². The fourth-order valence-electron chi connectivity index (χ4n) is 2.90. The number of rotatable bonds is 7. The van der Waals surface area contributed by atoms with Crippen LogP contribution in [0.3, 0.4) is 0 Å². The van der Waals surface area contributed by atoms with Crippen LogP contribution in [-0.4, -0.2) is 34.2 Å². The molecule has 0 fully saturated rings. The topological polar surface area (TPSA) is 87.4 Å². The number of nitrogens with one attached hydrogen (secondary N) is 1. The van der Waals surface area contributed by atoms with Crippen molar-refractivity contribution in [3.05, 3.63) is 76.7 Å². The average Bonchev–Trinajstić information content (AvgIpc) is 3.13. The Balaban J connectivity index is 1.95. The van der Waals surface area contributed by atoms with Crippen LogP contribution in [0, 0.1) is 0 Å². The SMILES string of the molecule is COc1cc(OC)cc([C@@H](NC(=O)Cn2ccccc2=O)c2nccn2C)c1. The molecule has 0 spiro atoms. The number of benzene rings is 1. The van der Waals surface area contributed by atoms with Crippen molar-refractivity contribution < 1.29 is 14.3 Å². The molecule has 2 aromatic heterocycles. The van der Waals surface area contributed by atoms with E-state index in [9.17, 15) is 9.59 Å². The molecule has 8 heteroatoms. The lowest BCUT2D eigenvalue weighted by Crippen LogP contribution is -2.35. The Kier molecular flexibility index (Phi) is 5.78. The lowest BCUT2D eigenvalue weighted by Gasteiger charge is -2.21. The summed E-state index contributed by atoms with van der Waals surface area (Å²) in [5.74, 6) is 1.52. The van der Waals surface area contributed by atoms with E-state index < -0.39 is 6.04 Å². The zero-order valence-corrected chi connectivity index (χ0v) is 16.0. The van der Waals surface area contributed by atoms with Crippen molar-refractivity contribution in [2.45, 2.75) is 12.6 Å². The Labute approximate surface area is 162 Å². The van der Waals surface area contributed by atoms with E-state index >= 15 is 0 Å². The van der Waals surface area contributed by atoms with E-state index in [0.29, 0.717) is 17.3 Å². The highest BCUT2D eigenvalue weighted by molar-refractivity contribution is 5.76. The molecule has 1 aromatic carbocycles. The maximum absolute atomic E-state index is 12.7. The van der Waals surface area contributed by atoms with Gasteiger partial charge in [0.15, 0.2) is 0 Å². The number of hydrogen-bond acceptors (Lipinski definition) is 5.